The number of nitrogens with one attached hydrogen (secondary N) is 1. The summed E-state index contributed by atoms with van der Waals surface area (Å²) in [7, 11) is 0. The van der Waals surface area contributed by atoms with Crippen molar-refractivity contribution in [2.24, 2.45) is 10.8 Å². The number of benzene rings is 1. The monoisotopic (exact) mass is 281 g/mol. The van der Waals surface area contributed by atoms with Gasteiger partial charge in [0.2, 0.25) is 0 Å². The molecule has 1 rings (SSSR count). The number of nitrogens with two attached hydrogens (primary N) is 1. The zero-order valence-corrected chi connectivity index (χ0v) is 12.2. The summed E-state index contributed by atoms with van der Waals surface area (Å²) in [5.41, 5.74) is 8.82. The van der Waals surface area contributed by atoms with Gasteiger partial charge in [0.05, 0.1) is 6.21 Å². The second kappa shape index (κ2) is 8.94. The lowest BCUT2D eigenvalue weighted by Crippen LogP contribution is -2.23. The summed E-state index contributed by atoms with van der Waals surface area (Å²) in [5, 5.41) is 4.08. The van der Waals surface area contributed by atoms with E-state index in [0.29, 0.717) is 0 Å². The standard InChI is InChI=1S/C13H19N3S2/c1-2-3-4-9-18-12-7-5-11(6-8-12)10-15-16-13(14)17/h5-8,10H,2-4,9H2,1H3,(H3,14,16,17). The minimum atomic E-state index is 0.175. The van der Waals surface area contributed by atoms with Crippen LogP contribution in [0.1, 0.15) is 31.7 Å². The number of thiocarbonyl (C=S) groups is 1. The Morgan fingerprint density at radius 1 is 1.39 bits per heavy atom. The Morgan fingerprint density at radius 2 is 2.11 bits per heavy atom. The summed E-state index contributed by atoms with van der Waals surface area (Å²) in [6.07, 6.45) is 5.56. The van der Waals surface area contributed by atoms with Crippen molar-refractivity contribution in [1.29, 1.82) is 0 Å². The maximum Gasteiger partial charge on any atom is 0.184 e. The van der Waals surface area contributed by atoms with Gasteiger partial charge in [0.1, 0.15) is 0 Å². The molecule has 18 heavy (non-hydrogen) atoms. The second-order valence-corrected chi connectivity index (χ2v) is 5.47. The highest BCUT2D eigenvalue weighted by atomic mass is 32.2. The van der Waals surface area contributed by atoms with E-state index in [1.807, 2.05) is 23.9 Å². The zero-order valence-electron chi connectivity index (χ0n) is 10.6. The molecule has 98 valence electrons. The fourth-order valence-corrected chi connectivity index (χ4v) is 2.33. The first-order valence-corrected chi connectivity index (χ1v) is 7.43. The van der Waals surface area contributed by atoms with Gasteiger partial charge in [-0.1, -0.05) is 31.9 Å². The molecular weight excluding hydrogens is 262 g/mol. The molecule has 3 N–H and O–H groups in total. The first-order chi connectivity index (χ1) is 8.72. The Morgan fingerprint density at radius 3 is 2.72 bits per heavy atom. The van der Waals surface area contributed by atoms with Crippen LogP contribution < -0.4 is 11.2 Å². The first kappa shape index (κ1) is 15.0. The summed E-state index contributed by atoms with van der Waals surface area (Å²) < 4.78 is 0. The van der Waals surface area contributed by atoms with E-state index in [1.54, 1.807) is 6.21 Å². The van der Waals surface area contributed by atoms with Crippen molar-refractivity contribution >= 4 is 35.3 Å². The van der Waals surface area contributed by atoms with E-state index >= 15 is 0 Å². The highest BCUT2D eigenvalue weighted by Crippen LogP contribution is 2.19. The minimum Gasteiger partial charge on any atom is -0.375 e. The van der Waals surface area contributed by atoms with Crippen LogP contribution in [-0.2, 0) is 0 Å². The first-order valence-electron chi connectivity index (χ1n) is 6.03. The molecule has 0 unspecified atom stereocenters. The fraction of sp³-hybridized carbons (Fsp3) is 0.385. The molecule has 1 aromatic carbocycles. The topological polar surface area (TPSA) is 50.4 Å². The molecule has 0 heterocycles. The molecule has 0 fully saturated rings. The van der Waals surface area contributed by atoms with Gasteiger partial charge in [-0.2, -0.15) is 5.10 Å². The van der Waals surface area contributed by atoms with E-state index in [1.165, 1.54) is 29.9 Å². The summed E-state index contributed by atoms with van der Waals surface area (Å²) in [6, 6.07) is 8.29. The van der Waals surface area contributed by atoms with Crippen molar-refractivity contribution < 1.29 is 0 Å². The predicted octanol–water partition coefficient (Wildman–Crippen LogP) is 3.14. The van der Waals surface area contributed by atoms with Gasteiger partial charge in [0, 0.05) is 4.90 Å². The lowest BCUT2D eigenvalue weighted by Gasteiger charge is -2.01. The molecule has 0 aliphatic carbocycles. The van der Waals surface area contributed by atoms with E-state index in [2.05, 4.69) is 41.8 Å². The van der Waals surface area contributed by atoms with Gasteiger partial charge in [-0.3, -0.25) is 5.43 Å². The van der Waals surface area contributed by atoms with E-state index in [-0.39, 0.29) is 5.11 Å². The Balaban J connectivity index is 2.37. The van der Waals surface area contributed by atoms with Crippen molar-refractivity contribution in [3.8, 4) is 0 Å². The van der Waals surface area contributed by atoms with Crippen molar-refractivity contribution in [2.75, 3.05) is 5.75 Å². The Kier molecular flexibility index (Phi) is 7.44. The third kappa shape index (κ3) is 6.61. The van der Waals surface area contributed by atoms with Gasteiger partial charge in [-0.25, -0.2) is 0 Å². The number of rotatable bonds is 7. The van der Waals surface area contributed by atoms with Crippen LogP contribution in [0.25, 0.3) is 0 Å². The average Bonchev–Trinajstić information content (AvgIpc) is 2.36. The van der Waals surface area contributed by atoms with Crippen LogP contribution in [0.3, 0.4) is 0 Å². The lowest BCUT2D eigenvalue weighted by molar-refractivity contribution is 0.778. The van der Waals surface area contributed by atoms with Crippen LogP contribution in [0.2, 0.25) is 0 Å². The molecule has 0 aliphatic rings. The van der Waals surface area contributed by atoms with Gasteiger partial charge in [0.25, 0.3) is 0 Å². The molecule has 0 saturated carbocycles. The Labute approximate surface area is 118 Å². The van der Waals surface area contributed by atoms with Crippen LogP contribution >= 0.6 is 24.0 Å². The van der Waals surface area contributed by atoms with Crippen LogP contribution in [0.15, 0.2) is 34.3 Å². The summed E-state index contributed by atoms with van der Waals surface area (Å²) in [6.45, 7) is 2.22. The zero-order chi connectivity index (χ0) is 13.2. The van der Waals surface area contributed by atoms with E-state index in [4.69, 9.17) is 5.73 Å². The maximum atomic E-state index is 5.26. The largest absolute Gasteiger partial charge is 0.375 e. The molecule has 5 heteroatoms. The minimum absolute atomic E-state index is 0.175. The number of hydrazone groups is 1. The van der Waals surface area contributed by atoms with Gasteiger partial charge in [-0.05, 0) is 42.1 Å². The lowest BCUT2D eigenvalue weighted by atomic mass is 10.2. The van der Waals surface area contributed by atoms with Crippen molar-refractivity contribution in [1.82, 2.24) is 5.43 Å². The van der Waals surface area contributed by atoms with Gasteiger partial charge in [0.15, 0.2) is 5.11 Å². The number of hydrogen-bond donors (Lipinski definition) is 2. The predicted molar refractivity (Wildman–Crippen MR) is 84.2 cm³/mol. The van der Waals surface area contributed by atoms with E-state index in [9.17, 15) is 0 Å². The summed E-state index contributed by atoms with van der Waals surface area (Å²) in [5.74, 6) is 1.18. The summed E-state index contributed by atoms with van der Waals surface area (Å²) in [4.78, 5) is 1.30. The molecule has 0 aromatic heterocycles. The maximum absolute atomic E-state index is 5.26. The third-order valence-electron chi connectivity index (χ3n) is 2.29. The number of unbranched alkanes of at least 4 members (excludes halogenated alkanes) is 2. The van der Waals surface area contributed by atoms with Crippen molar-refractivity contribution in [2.45, 2.75) is 31.1 Å². The van der Waals surface area contributed by atoms with Gasteiger partial charge in [-0.15, -0.1) is 11.8 Å². The molecule has 0 saturated heterocycles. The second-order valence-electron chi connectivity index (χ2n) is 3.86. The van der Waals surface area contributed by atoms with Gasteiger partial charge >= 0.3 is 0 Å². The Hall–Kier alpha value is -1.07. The normalized spacial score (nSPS) is 10.7. The third-order valence-corrected chi connectivity index (χ3v) is 3.47. The number of hydrogen-bond acceptors (Lipinski definition) is 3. The van der Waals surface area contributed by atoms with E-state index < -0.39 is 0 Å². The van der Waals surface area contributed by atoms with Crippen LogP contribution in [-0.4, -0.2) is 17.1 Å². The van der Waals surface area contributed by atoms with Crippen molar-refractivity contribution in [3.63, 3.8) is 0 Å². The molecule has 3 nitrogen and oxygen atoms in total. The molecule has 0 amide bonds. The van der Waals surface area contributed by atoms with Crippen LogP contribution in [0.4, 0.5) is 0 Å². The van der Waals surface area contributed by atoms with Crippen LogP contribution in [0.5, 0.6) is 0 Å². The highest BCUT2D eigenvalue weighted by molar-refractivity contribution is 7.99. The van der Waals surface area contributed by atoms with Crippen LogP contribution in [0, 0.1) is 0 Å². The molecular formula is C13H19N3S2. The molecule has 0 spiro atoms. The quantitative estimate of drug-likeness (QED) is 0.265. The fourth-order valence-electron chi connectivity index (χ4n) is 1.36. The highest BCUT2D eigenvalue weighted by Gasteiger charge is 1.94. The summed E-state index contributed by atoms with van der Waals surface area (Å²) >= 11 is 6.55. The van der Waals surface area contributed by atoms with Crippen molar-refractivity contribution in [3.05, 3.63) is 29.8 Å². The molecule has 0 radical (unpaired) electrons. The smallest absolute Gasteiger partial charge is 0.184 e. The SMILES string of the molecule is CCCCCSc1ccc(C=NNC(N)=S)cc1. The average molecular weight is 281 g/mol. The van der Waals surface area contributed by atoms with E-state index in [0.717, 1.165) is 5.56 Å². The molecule has 0 atom stereocenters. The van der Waals surface area contributed by atoms with Gasteiger partial charge < -0.3 is 5.73 Å². The molecule has 0 aliphatic heterocycles. The number of thioether (sulfide) groups is 1. The molecule has 0 bridgehead atoms. The Bertz CT molecular complexity index is 388. The number of nitrogens with zero attached hydrogens (tertiary/aromatic N) is 1. The molecule has 1 aromatic rings.